The Bertz CT molecular complexity index is 902. The highest BCUT2D eigenvalue weighted by Gasteiger charge is 2.46. The van der Waals surface area contributed by atoms with Gasteiger partial charge in [0.1, 0.15) is 17.5 Å². The Hall–Kier alpha value is -3.12. The standard InChI is InChI=1S/C16H16N6O3/c17-7-10-5-11(8-19-14(10)18)12-6-13-16(25-4-3-22(13)20-12)1-2-21(9-16)15(23)24/h5-6,8H,1-4,9H2,(H2,18,19)(H,23,24). The van der Waals surface area contributed by atoms with E-state index < -0.39 is 11.7 Å². The van der Waals surface area contributed by atoms with Crippen LogP contribution in [-0.4, -0.2) is 50.6 Å². The quantitative estimate of drug-likeness (QED) is 0.792. The normalized spacial score (nSPS) is 22.0. The lowest BCUT2D eigenvalue weighted by molar-refractivity contribution is -0.0709. The van der Waals surface area contributed by atoms with Gasteiger partial charge in [-0.25, -0.2) is 9.78 Å². The fourth-order valence-corrected chi connectivity index (χ4v) is 3.47. The van der Waals surface area contributed by atoms with Crippen molar-refractivity contribution in [1.29, 1.82) is 5.26 Å². The molecule has 2 aromatic rings. The van der Waals surface area contributed by atoms with Crippen LogP contribution in [0.4, 0.5) is 10.6 Å². The summed E-state index contributed by atoms with van der Waals surface area (Å²) in [5.41, 5.74) is 7.52. The molecule has 1 spiro atoms. The van der Waals surface area contributed by atoms with Crippen LogP contribution in [0.3, 0.4) is 0 Å². The Morgan fingerprint density at radius 1 is 1.44 bits per heavy atom. The lowest BCUT2D eigenvalue weighted by Gasteiger charge is -2.33. The van der Waals surface area contributed by atoms with E-state index in [0.29, 0.717) is 42.9 Å². The SMILES string of the molecule is N#Cc1cc(-c2cc3n(n2)CCOC32CCN(C(=O)O)C2)cnc1N. The number of nitrogen functional groups attached to an aromatic ring is 1. The Morgan fingerprint density at radius 3 is 3.00 bits per heavy atom. The number of hydrogen-bond acceptors (Lipinski definition) is 6. The third-order valence-electron chi connectivity index (χ3n) is 4.77. The molecule has 0 aliphatic carbocycles. The molecule has 2 aliphatic heterocycles. The van der Waals surface area contributed by atoms with Gasteiger partial charge in [0.25, 0.3) is 0 Å². The van der Waals surface area contributed by atoms with Crippen molar-refractivity contribution in [2.75, 3.05) is 25.4 Å². The Morgan fingerprint density at radius 2 is 2.28 bits per heavy atom. The molecule has 1 atom stereocenters. The summed E-state index contributed by atoms with van der Waals surface area (Å²) in [4.78, 5) is 16.7. The van der Waals surface area contributed by atoms with Crippen molar-refractivity contribution in [3.05, 3.63) is 29.6 Å². The second-order valence-electron chi connectivity index (χ2n) is 6.20. The first-order valence-corrected chi connectivity index (χ1v) is 7.88. The van der Waals surface area contributed by atoms with Gasteiger partial charge in [-0.1, -0.05) is 0 Å². The Balaban J connectivity index is 1.74. The predicted octanol–water partition coefficient (Wildman–Crippen LogP) is 1.01. The first-order chi connectivity index (χ1) is 12.0. The number of likely N-dealkylation sites (tertiary alicyclic amines) is 1. The van der Waals surface area contributed by atoms with Crippen LogP contribution in [0, 0.1) is 11.3 Å². The van der Waals surface area contributed by atoms with Crippen LogP contribution in [0.2, 0.25) is 0 Å². The number of nitriles is 1. The molecule has 4 rings (SSSR count). The zero-order valence-corrected chi connectivity index (χ0v) is 13.3. The van der Waals surface area contributed by atoms with E-state index in [1.165, 1.54) is 4.90 Å². The van der Waals surface area contributed by atoms with E-state index in [1.807, 2.05) is 16.8 Å². The third kappa shape index (κ3) is 2.38. The number of nitrogens with zero attached hydrogens (tertiary/aromatic N) is 5. The smallest absolute Gasteiger partial charge is 0.407 e. The van der Waals surface area contributed by atoms with Crippen molar-refractivity contribution in [2.24, 2.45) is 0 Å². The van der Waals surface area contributed by atoms with Gasteiger partial charge in [0, 0.05) is 24.7 Å². The van der Waals surface area contributed by atoms with Gasteiger partial charge in [0.2, 0.25) is 0 Å². The zero-order chi connectivity index (χ0) is 17.6. The van der Waals surface area contributed by atoms with E-state index in [1.54, 1.807) is 12.3 Å². The van der Waals surface area contributed by atoms with Crippen molar-refractivity contribution in [1.82, 2.24) is 19.7 Å². The maximum atomic E-state index is 11.3. The fraction of sp³-hybridized carbons (Fsp3) is 0.375. The minimum absolute atomic E-state index is 0.183. The summed E-state index contributed by atoms with van der Waals surface area (Å²) in [6.07, 6.45) is 1.23. The molecule has 1 saturated heterocycles. The summed E-state index contributed by atoms with van der Waals surface area (Å²) in [5.74, 6) is 0.183. The molecule has 2 aliphatic rings. The Kier molecular flexibility index (Phi) is 3.36. The summed E-state index contributed by atoms with van der Waals surface area (Å²) < 4.78 is 7.85. The van der Waals surface area contributed by atoms with Crippen molar-refractivity contribution >= 4 is 11.9 Å². The first-order valence-electron chi connectivity index (χ1n) is 7.88. The number of carbonyl (C=O) groups is 1. The van der Waals surface area contributed by atoms with Gasteiger partial charge in [0.15, 0.2) is 0 Å². The van der Waals surface area contributed by atoms with Crippen LogP contribution in [0.5, 0.6) is 0 Å². The van der Waals surface area contributed by atoms with Crippen LogP contribution in [0.15, 0.2) is 18.3 Å². The van der Waals surface area contributed by atoms with Gasteiger partial charge >= 0.3 is 6.09 Å². The molecule has 1 unspecified atom stereocenters. The molecular weight excluding hydrogens is 324 g/mol. The summed E-state index contributed by atoms with van der Waals surface area (Å²) in [6, 6.07) is 5.56. The number of hydrogen-bond donors (Lipinski definition) is 2. The molecule has 0 bridgehead atoms. The average molecular weight is 340 g/mol. The summed E-state index contributed by atoms with van der Waals surface area (Å²) in [6.45, 7) is 1.79. The number of pyridine rings is 1. The lowest BCUT2D eigenvalue weighted by atomic mass is 9.96. The average Bonchev–Trinajstić information content (AvgIpc) is 3.22. The molecule has 2 aromatic heterocycles. The van der Waals surface area contributed by atoms with E-state index in [-0.39, 0.29) is 12.4 Å². The van der Waals surface area contributed by atoms with E-state index in [0.717, 1.165) is 5.69 Å². The van der Waals surface area contributed by atoms with Crippen LogP contribution in [0.1, 0.15) is 17.7 Å². The van der Waals surface area contributed by atoms with E-state index in [4.69, 9.17) is 15.7 Å². The van der Waals surface area contributed by atoms with Crippen LogP contribution < -0.4 is 5.73 Å². The number of carboxylic acid groups (broad SMARTS) is 1. The van der Waals surface area contributed by atoms with E-state index >= 15 is 0 Å². The molecule has 3 N–H and O–H groups in total. The number of ether oxygens (including phenoxy) is 1. The third-order valence-corrected chi connectivity index (χ3v) is 4.77. The molecule has 9 nitrogen and oxygen atoms in total. The van der Waals surface area contributed by atoms with Crippen LogP contribution in [-0.2, 0) is 16.9 Å². The van der Waals surface area contributed by atoms with Gasteiger partial charge < -0.3 is 20.5 Å². The van der Waals surface area contributed by atoms with E-state index in [9.17, 15) is 9.90 Å². The van der Waals surface area contributed by atoms with Gasteiger partial charge in [-0.3, -0.25) is 4.68 Å². The topological polar surface area (TPSA) is 130 Å². The van der Waals surface area contributed by atoms with Crippen molar-refractivity contribution in [2.45, 2.75) is 18.6 Å². The predicted molar refractivity (Wildman–Crippen MR) is 86.4 cm³/mol. The number of anilines is 1. The molecule has 0 saturated carbocycles. The van der Waals surface area contributed by atoms with Crippen LogP contribution in [0.25, 0.3) is 11.3 Å². The van der Waals surface area contributed by atoms with Gasteiger partial charge in [-0.15, -0.1) is 0 Å². The van der Waals surface area contributed by atoms with Crippen molar-refractivity contribution < 1.29 is 14.6 Å². The summed E-state index contributed by atoms with van der Waals surface area (Å²) in [5, 5.41) is 23.0. The molecule has 4 heterocycles. The molecule has 9 heteroatoms. The highest BCUT2D eigenvalue weighted by molar-refractivity contribution is 5.66. The number of aromatic nitrogens is 3. The lowest BCUT2D eigenvalue weighted by Crippen LogP contribution is -2.41. The molecular formula is C16H16N6O3. The highest BCUT2D eigenvalue weighted by Crippen LogP contribution is 2.39. The largest absolute Gasteiger partial charge is 0.465 e. The Labute approximate surface area is 143 Å². The fourth-order valence-electron chi connectivity index (χ4n) is 3.47. The summed E-state index contributed by atoms with van der Waals surface area (Å²) >= 11 is 0. The van der Waals surface area contributed by atoms with Crippen LogP contribution >= 0.6 is 0 Å². The molecule has 1 fully saturated rings. The second-order valence-corrected chi connectivity index (χ2v) is 6.20. The minimum atomic E-state index is -0.946. The molecule has 128 valence electrons. The molecule has 0 aromatic carbocycles. The molecule has 25 heavy (non-hydrogen) atoms. The molecule has 1 amide bonds. The first kappa shape index (κ1) is 15.4. The van der Waals surface area contributed by atoms with Gasteiger partial charge in [-0.2, -0.15) is 10.4 Å². The van der Waals surface area contributed by atoms with Gasteiger partial charge in [-0.05, 0) is 12.1 Å². The number of rotatable bonds is 1. The monoisotopic (exact) mass is 340 g/mol. The number of nitrogens with two attached hydrogens (primary N) is 1. The van der Waals surface area contributed by atoms with Gasteiger partial charge in [0.05, 0.1) is 36.6 Å². The minimum Gasteiger partial charge on any atom is -0.465 e. The highest BCUT2D eigenvalue weighted by atomic mass is 16.5. The second kappa shape index (κ2) is 5.46. The van der Waals surface area contributed by atoms with Crippen molar-refractivity contribution in [3.63, 3.8) is 0 Å². The van der Waals surface area contributed by atoms with E-state index in [2.05, 4.69) is 10.1 Å². The maximum Gasteiger partial charge on any atom is 0.407 e. The number of amides is 1. The van der Waals surface area contributed by atoms with Crippen molar-refractivity contribution in [3.8, 4) is 17.3 Å². The number of fused-ring (bicyclic) bond motifs is 2. The maximum absolute atomic E-state index is 11.3. The zero-order valence-electron chi connectivity index (χ0n) is 13.3. The molecule has 0 radical (unpaired) electrons. The summed E-state index contributed by atoms with van der Waals surface area (Å²) in [7, 11) is 0.